The Morgan fingerprint density at radius 1 is 1.07 bits per heavy atom. The number of anilines is 2. The molecular weight excluding hydrogens is 360 g/mol. The lowest BCUT2D eigenvalue weighted by atomic mass is 10.0. The highest BCUT2D eigenvalue weighted by molar-refractivity contribution is 5.48. The first kappa shape index (κ1) is 18.8. The molecule has 0 atom stereocenters. The van der Waals surface area contributed by atoms with Crippen molar-refractivity contribution < 1.29 is 18.9 Å². The van der Waals surface area contributed by atoms with Crippen molar-refractivity contribution in [3.63, 3.8) is 0 Å². The molecule has 1 aromatic heterocycles. The second kappa shape index (κ2) is 8.62. The maximum atomic E-state index is 5.79. The minimum absolute atomic E-state index is 0.372. The summed E-state index contributed by atoms with van der Waals surface area (Å²) in [5.74, 6) is 2.96. The van der Waals surface area contributed by atoms with E-state index in [0.717, 1.165) is 49.1 Å². The Kier molecular flexibility index (Phi) is 5.78. The number of hydrogen-bond acceptors (Lipinski definition) is 8. The molecule has 2 aliphatic heterocycles. The molecule has 3 heterocycles. The third kappa shape index (κ3) is 4.45. The largest absolute Gasteiger partial charge is 0.497 e. The number of ether oxygens (including phenoxy) is 4. The summed E-state index contributed by atoms with van der Waals surface area (Å²) < 4.78 is 22.4. The molecule has 1 aromatic carbocycles. The second-order valence-corrected chi connectivity index (χ2v) is 6.81. The van der Waals surface area contributed by atoms with Crippen molar-refractivity contribution in [1.29, 1.82) is 0 Å². The Bertz CT molecular complexity index is 755. The van der Waals surface area contributed by atoms with E-state index in [4.69, 9.17) is 18.9 Å². The number of rotatable bonds is 7. The average Bonchev–Trinajstić information content (AvgIpc) is 3.20. The number of nitrogens with one attached hydrogen (secondary N) is 1. The van der Waals surface area contributed by atoms with Crippen molar-refractivity contribution in [1.82, 2.24) is 9.97 Å². The highest BCUT2D eigenvalue weighted by Gasteiger charge is 2.40. The van der Waals surface area contributed by atoms with Gasteiger partial charge in [-0.15, -0.1) is 0 Å². The van der Waals surface area contributed by atoms with Crippen molar-refractivity contribution in [3.05, 3.63) is 36.7 Å². The van der Waals surface area contributed by atoms with E-state index in [9.17, 15) is 0 Å². The Morgan fingerprint density at radius 2 is 1.79 bits per heavy atom. The molecule has 0 amide bonds. The van der Waals surface area contributed by atoms with Gasteiger partial charge in [0.2, 0.25) is 0 Å². The molecule has 8 heteroatoms. The van der Waals surface area contributed by atoms with Crippen LogP contribution in [0.3, 0.4) is 0 Å². The average molecular weight is 386 g/mol. The number of nitrogens with zero attached hydrogens (tertiary/aromatic N) is 3. The first-order valence-corrected chi connectivity index (χ1v) is 9.62. The summed E-state index contributed by atoms with van der Waals surface area (Å²) in [6, 6.07) is 9.51. The smallest absolute Gasteiger partial charge is 0.171 e. The lowest BCUT2D eigenvalue weighted by Gasteiger charge is -2.38. The molecule has 1 N–H and O–H groups in total. The molecule has 2 saturated heterocycles. The standard InChI is InChI=1S/C20H26N4O4/c1-25-16-2-4-17(5-3-16)26-11-8-21-18-14-19(23-15-22-18)24-9-6-20(7-10-24)27-12-13-28-20/h2-5,14-15H,6-13H2,1H3,(H,21,22,23). The summed E-state index contributed by atoms with van der Waals surface area (Å²) in [5.41, 5.74) is 0. The SMILES string of the molecule is COc1ccc(OCCNc2cc(N3CCC4(CC3)OCCO4)ncn2)cc1. The van der Waals surface area contributed by atoms with Gasteiger partial charge in [0.1, 0.15) is 36.1 Å². The monoisotopic (exact) mass is 386 g/mol. The molecule has 4 rings (SSSR count). The highest BCUT2D eigenvalue weighted by atomic mass is 16.7. The summed E-state index contributed by atoms with van der Waals surface area (Å²) in [5, 5.41) is 3.29. The maximum absolute atomic E-state index is 5.79. The molecule has 1 spiro atoms. The summed E-state index contributed by atoms with van der Waals surface area (Å²) in [6.45, 7) is 4.29. The zero-order valence-electron chi connectivity index (χ0n) is 16.1. The fourth-order valence-corrected chi connectivity index (χ4v) is 3.50. The summed E-state index contributed by atoms with van der Waals surface area (Å²) in [6.07, 6.45) is 3.31. The summed E-state index contributed by atoms with van der Waals surface area (Å²) >= 11 is 0. The van der Waals surface area contributed by atoms with Crippen LogP contribution in [0.25, 0.3) is 0 Å². The molecule has 0 radical (unpaired) electrons. The van der Waals surface area contributed by atoms with Gasteiger partial charge in [0.25, 0.3) is 0 Å². The molecule has 28 heavy (non-hydrogen) atoms. The van der Waals surface area contributed by atoms with Gasteiger partial charge in [0.15, 0.2) is 5.79 Å². The van der Waals surface area contributed by atoms with E-state index >= 15 is 0 Å². The van der Waals surface area contributed by atoms with Crippen LogP contribution in [0.2, 0.25) is 0 Å². The predicted octanol–water partition coefficient (Wildman–Crippen LogP) is 2.32. The Labute approximate surface area is 164 Å². The fraction of sp³-hybridized carbons (Fsp3) is 0.500. The molecule has 0 saturated carbocycles. The summed E-state index contributed by atoms with van der Waals surface area (Å²) in [7, 11) is 1.65. The van der Waals surface area contributed by atoms with Gasteiger partial charge in [0.05, 0.1) is 26.9 Å². The zero-order chi connectivity index (χ0) is 19.2. The second-order valence-electron chi connectivity index (χ2n) is 6.81. The van der Waals surface area contributed by atoms with Gasteiger partial charge >= 0.3 is 0 Å². The Balaban J connectivity index is 1.24. The molecule has 0 bridgehead atoms. The lowest BCUT2D eigenvalue weighted by Crippen LogP contribution is -2.45. The first-order chi connectivity index (χ1) is 13.8. The fourth-order valence-electron chi connectivity index (χ4n) is 3.50. The van der Waals surface area contributed by atoms with Gasteiger partial charge in [0, 0.05) is 32.0 Å². The van der Waals surface area contributed by atoms with Crippen LogP contribution in [-0.2, 0) is 9.47 Å². The van der Waals surface area contributed by atoms with Gasteiger partial charge < -0.3 is 29.2 Å². The number of hydrogen-bond donors (Lipinski definition) is 1. The molecular formula is C20H26N4O4. The van der Waals surface area contributed by atoms with E-state index in [1.165, 1.54) is 0 Å². The van der Waals surface area contributed by atoms with Gasteiger partial charge in [-0.25, -0.2) is 9.97 Å². The topological polar surface area (TPSA) is 78.0 Å². The van der Waals surface area contributed by atoms with Crippen LogP contribution in [-0.4, -0.2) is 62.3 Å². The third-order valence-corrected chi connectivity index (χ3v) is 5.05. The van der Waals surface area contributed by atoms with E-state index in [1.807, 2.05) is 30.3 Å². The third-order valence-electron chi connectivity index (χ3n) is 5.05. The van der Waals surface area contributed by atoms with E-state index in [1.54, 1.807) is 13.4 Å². The highest BCUT2D eigenvalue weighted by Crippen LogP contribution is 2.32. The van der Waals surface area contributed by atoms with Crippen LogP contribution in [0, 0.1) is 0 Å². The quantitative estimate of drug-likeness (QED) is 0.727. The van der Waals surface area contributed by atoms with Gasteiger partial charge in [-0.1, -0.05) is 0 Å². The van der Waals surface area contributed by atoms with Gasteiger partial charge in [-0.05, 0) is 24.3 Å². The molecule has 8 nitrogen and oxygen atoms in total. The Hall–Kier alpha value is -2.58. The summed E-state index contributed by atoms with van der Waals surface area (Å²) in [4.78, 5) is 11.0. The lowest BCUT2D eigenvalue weighted by molar-refractivity contribution is -0.169. The minimum Gasteiger partial charge on any atom is -0.497 e. The number of aromatic nitrogens is 2. The van der Waals surface area contributed by atoms with Crippen molar-refractivity contribution in [3.8, 4) is 11.5 Å². The normalized spacial score (nSPS) is 18.2. The first-order valence-electron chi connectivity index (χ1n) is 9.62. The van der Waals surface area contributed by atoms with Crippen LogP contribution >= 0.6 is 0 Å². The van der Waals surface area contributed by atoms with Crippen LogP contribution in [0.5, 0.6) is 11.5 Å². The molecule has 2 fully saturated rings. The van der Waals surface area contributed by atoms with Gasteiger partial charge in [-0.2, -0.15) is 0 Å². The molecule has 0 aliphatic carbocycles. The van der Waals surface area contributed by atoms with Crippen LogP contribution in [0.1, 0.15) is 12.8 Å². The molecule has 2 aliphatic rings. The number of piperidine rings is 1. The van der Waals surface area contributed by atoms with E-state index in [0.29, 0.717) is 26.4 Å². The minimum atomic E-state index is -0.372. The number of methoxy groups -OCH3 is 1. The predicted molar refractivity (Wildman–Crippen MR) is 105 cm³/mol. The number of benzene rings is 1. The van der Waals surface area contributed by atoms with Crippen molar-refractivity contribution in [2.45, 2.75) is 18.6 Å². The van der Waals surface area contributed by atoms with Crippen LogP contribution in [0.15, 0.2) is 36.7 Å². The van der Waals surface area contributed by atoms with Crippen molar-refractivity contribution in [2.24, 2.45) is 0 Å². The Morgan fingerprint density at radius 3 is 2.50 bits per heavy atom. The van der Waals surface area contributed by atoms with E-state index in [2.05, 4.69) is 20.2 Å². The van der Waals surface area contributed by atoms with Crippen molar-refractivity contribution in [2.75, 3.05) is 56.8 Å². The zero-order valence-corrected chi connectivity index (χ0v) is 16.1. The molecule has 2 aromatic rings. The van der Waals surface area contributed by atoms with Crippen LogP contribution < -0.4 is 19.7 Å². The van der Waals surface area contributed by atoms with Crippen molar-refractivity contribution >= 4 is 11.6 Å². The van der Waals surface area contributed by atoms with Crippen LogP contribution in [0.4, 0.5) is 11.6 Å². The maximum Gasteiger partial charge on any atom is 0.171 e. The molecule has 0 unspecified atom stereocenters. The van der Waals surface area contributed by atoms with Gasteiger partial charge in [-0.3, -0.25) is 0 Å². The van der Waals surface area contributed by atoms with E-state index < -0.39 is 0 Å². The van der Waals surface area contributed by atoms with E-state index in [-0.39, 0.29) is 5.79 Å². The molecule has 150 valence electrons.